The molecule has 0 spiro atoms. The van der Waals surface area contributed by atoms with E-state index in [-0.39, 0.29) is 17.3 Å². The summed E-state index contributed by atoms with van der Waals surface area (Å²) in [7, 11) is 0. The Bertz CT molecular complexity index is 506. The minimum absolute atomic E-state index is 0.0441. The van der Waals surface area contributed by atoms with Crippen LogP contribution in [0.2, 0.25) is 0 Å². The largest absolute Gasteiger partial charge is 0.478 e. The van der Waals surface area contributed by atoms with E-state index in [4.69, 9.17) is 11.5 Å². The smallest absolute Gasteiger partial charge is 0.337 e. The van der Waals surface area contributed by atoms with Crippen LogP contribution >= 0.6 is 0 Å². The minimum atomic E-state index is -1.09. The fourth-order valence-electron chi connectivity index (χ4n) is 1.56. The van der Waals surface area contributed by atoms with Crippen LogP contribution in [0.3, 0.4) is 0 Å². The summed E-state index contributed by atoms with van der Waals surface area (Å²) in [5.74, 6) is 1.39. The highest BCUT2D eigenvalue weighted by molar-refractivity contribution is 6.00. The van der Waals surface area contributed by atoms with E-state index >= 15 is 0 Å². The van der Waals surface area contributed by atoms with Crippen molar-refractivity contribution in [3.63, 3.8) is 0 Å². The summed E-state index contributed by atoms with van der Waals surface area (Å²) in [5.41, 5.74) is 0.297. The van der Waals surface area contributed by atoms with Gasteiger partial charge in [0, 0.05) is 12.5 Å². The molecule has 0 fully saturated rings. The molecule has 0 aliphatic rings. The first-order valence-corrected chi connectivity index (χ1v) is 5.91. The van der Waals surface area contributed by atoms with E-state index in [2.05, 4.69) is 16.6 Å². The van der Waals surface area contributed by atoms with Gasteiger partial charge in [0.15, 0.2) is 0 Å². The average Bonchev–Trinajstić information content (AvgIpc) is 2.38. The second kappa shape index (κ2) is 7.07. The van der Waals surface area contributed by atoms with E-state index in [9.17, 15) is 9.59 Å². The van der Waals surface area contributed by atoms with E-state index in [1.54, 1.807) is 12.1 Å². The minimum Gasteiger partial charge on any atom is -0.478 e. The van der Waals surface area contributed by atoms with Crippen molar-refractivity contribution in [2.75, 3.05) is 5.32 Å². The molecule has 1 rings (SSSR count). The summed E-state index contributed by atoms with van der Waals surface area (Å²) in [4.78, 5) is 22.7. The fourth-order valence-corrected chi connectivity index (χ4v) is 1.56. The molecular formula is C14H16N2O3. The molecule has 5 nitrogen and oxygen atoms in total. The Morgan fingerprint density at radius 2 is 2.11 bits per heavy atom. The predicted molar refractivity (Wildman–Crippen MR) is 73.1 cm³/mol. The number of hydrogen-bond donors (Lipinski definition) is 3. The van der Waals surface area contributed by atoms with E-state index < -0.39 is 12.0 Å². The van der Waals surface area contributed by atoms with Crippen molar-refractivity contribution < 1.29 is 14.7 Å². The first kappa shape index (κ1) is 14.6. The lowest BCUT2D eigenvalue weighted by atomic mass is 10.1. The summed E-state index contributed by atoms with van der Waals surface area (Å²) < 4.78 is 0. The Morgan fingerprint density at radius 1 is 1.42 bits per heavy atom. The van der Waals surface area contributed by atoms with Gasteiger partial charge in [-0.25, -0.2) is 9.59 Å². The normalized spacial score (nSPS) is 11.2. The van der Waals surface area contributed by atoms with Crippen molar-refractivity contribution in [1.29, 1.82) is 0 Å². The summed E-state index contributed by atoms with van der Waals surface area (Å²) in [6.45, 7) is 1.91. The number of rotatable bonds is 5. The molecule has 0 saturated carbocycles. The molecule has 0 bridgehead atoms. The first-order chi connectivity index (χ1) is 9.08. The van der Waals surface area contributed by atoms with Gasteiger partial charge in [-0.15, -0.1) is 12.3 Å². The highest BCUT2D eigenvalue weighted by Crippen LogP contribution is 2.14. The maximum Gasteiger partial charge on any atom is 0.337 e. The zero-order chi connectivity index (χ0) is 14.3. The van der Waals surface area contributed by atoms with E-state index in [1.807, 2.05) is 6.92 Å². The number of terminal acetylenes is 1. The molecule has 5 heteroatoms. The Balaban J connectivity index is 2.72. The van der Waals surface area contributed by atoms with Crippen LogP contribution in [0.1, 0.15) is 30.1 Å². The third-order valence-corrected chi connectivity index (χ3v) is 2.60. The lowest BCUT2D eigenvalue weighted by Gasteiger charge is -2.15. The number of carbonyl (C=O) groups is 2. The van der Waals surface area contributed by atoms with Crippen molar-refractivity contribution >= 4 is 17.7 Å². The third-order valence-electron chi connectivity index (χ3n) is 2.60. The number of hydrogen-bond acceptors (Lipinski definition) is 2. The van der Waals surface area contributed by atoms with E-state index in [1.165, 1.54) is 12.1 Å². The maximum absolute atomic E-state index is 11.7. The molecule has 2 amide bonds. The van der Waals surface area contributed by atoms with Crippen molar-refractivity contribution in [1.82, 2.24) is 5.32 Å². The quantitative estimate of drug-likeness (QED) is 0.711. The molecule has 19 heavy (non-hydrogen) atoms. The zero-order valence-electron chi connectivity index (χ0n) is 10.6. The first-order valence-electron chi connectivity index (χ1n) is 5.91. The second-order valence-electron chi connectivity index (χ2n) is 3.96. The number of carboxylic acids is 1. The van der Waals surface area contributed by atoms with E-state index in [0.29, 0.717) is 12.8 Å². The highest BCUT2D eigenvalue weighted by Gasteiger charge is 2.13. The van der Waals surface area contributed by atoms with Gasteiger partial charge in [-0.1, -0.05) is 19.1 Å². The third kappa shape index (κ3) is 4.36. The van der Waals surface area contributed by atoms with Crippen molar-refractivity contribution in [2.24, 2.45) is 0 Å². The number of anilines is 1. The van der Waals surface area contributed by atoms with Crippen molar-refractivity contribution in [2.45, 2.75) is 25.8 Å². The number of benzene rings is 1. The monoisotopic (exact) mass is 260 g/mol. The Morgan fingerprint density at radius 3 is 2.68 bits per heavy atom. The van der Waals surface area contributed by atoms with Crippen molar-refractivity contribution in [3.05, 3.63) is 29.8 Å². The molecular weight excluding hydrogens is 244 g/mol. The van der Waals surface area contributed by atoms with Crippen molar-refractivity contribution in [3.8, 4) is 12.3 Å². The summed E-state index contributed by atoms with van der Waals surface area (Å²) in [6.07, 6.45) is 6.34. The van der Waals surface area contributed by atoms with Gasteiger partial charge < -0.3 is 15.7 Å². The van der Waals surface area contributed by atoms with Crippen LogP contribution in [-0.4, -0.2) is 23.1 Å². The number of amides is 2. The van der Waals surface area contributed by atoms with Gasteiger partial charge in [-0.05, 0) is 18.6 Å². The van der Waals surface area contributed by atoms with Gasteiger partial charge in [0.25, 0.3) is 0 Å². The van der Waals surface area contributed by atoms with Gasteiger partial charge in [0.2, 0.25) is 0 Å². The van der Waals surface area contributed by atoms with Crippen LogP contribution in [0.25, 0.3) is 0 Å². The molecule has 0 saturated heterocycles. The number of aromatic carboxylic acids is 1. The lowest BCUT2D eigenvalue weighted by molar-refractivity contribution is 0.0698. The predicted octanol–water partition coefficient (Wildman–Crippen LogP) is 2.31. The standard InChI is InChI=1S/C14H16N2O3/c1-3-7-10(4-2)15-14(19)16-12-9-6-5-8-11(12)13(17)18/h1,5-6,8-10H,4,7H2,2H3,(H,17,18)(H2,15,16,19). The molecule has 1 aromatic rings. The number of para-hydroxylation sites is 1. The van der Waals surface area contributed by atoms with Crippen LogP contribution in [-0.2, 0) is 0 Å². The topological polar surface area (TPSA) is 78.4 Å². The lowest BCUT2D eigenvalue weighted by Crippen LogP contribution is -2.37. The van der Waals surface area contributed by atoms with Gasteiger partial charge in [0.05, 0.1) is 11.3 Å². The molecule has 0 heterocycles. The molecule has 1 atom stereocenters. The molecule has 0 aliphatic carbocycles. The van der Waals surface area contributed by atoms with Crippen LogP contribution in [0.4, 0.5) is 10.5 Å². The number of nitrogens with one attached hydrogen (secondary N) is 2. The molecule has 100 valence electrons. The maximum atomic E-state index is 11.7. The van der Waals surface area contributed by atoms with Crippen LogP contribution in [0.5, 0.6) is 0 Å². The molecule has 1 unspecified atom stereocenters. The molecule has 0 aliphatic heterocycles. The second-order valence-corrected chi connectivity index (χ2v) is 3.96. The van der Waals surface area contributed by atoms with Gasteiger partial charge in [-0.2, -0.15) is 0 Å². The summed E-state index contributed by atoms with van der Waals surface area (Å²) in [5, 5.41) is 14.2. The van der Waals surface area contributed by atoms with Crippen LogP contribution in [0.15, 0.2) is 24.3 Å². The fraction of sp³-hybridized carbons (Fsp3) is 0.286. The molecule has 0 aromatic heterocycles. The number of urea groups is 1. The van der Waals surface area contributed by atoms with Gasteiger partial charge in [0.1, 0.15) is 0 Å². The zero-order valence-corrected chi connectivity index (χ0v) is 10.6. The van der Waals surface area contributed by atoms with Gasteiger partial charge in [-0.3, -0.25) is 0 Å². The molecule has 1 aromatic carbocycles. The number of carbonyl (C=O) groups excluding carboxylic acids is 1. The summed E-state index contributed by atoms with van der Waals surface area (Å²) in [6, 6.07) is 5.63. The van der Waals surface area contributed by atoms with E-state index in [0.717, 1.165) is 0 Å². The van der Waals surface area contributed by atoms with Crippen LogP contribution in [0, 0.1) is 12.3 Å². The Kier molecular flexibility index (Phi) is 5.42. The SMILES string of the molecule is C#CCC(CC)NC(=O)Nc1ccccc1C(=O)O. The Labute approximate surface area is 112 Å². The molecule has 3 N–H and O–H groups in total. The highest BCUT2D eigenvalue weighted by atomic mass is 16.4. The number of carboxylic acid groups (broad SMARTS) is 1. The Hall–Kier alpha value is -2.48. The molecule has 0 radical (unpaired) electrons. The van der Waals surface area contributed by atoms with Crippen LogP contribution < -0.4 is 10.6 Å². The van der Waals surface area contributed by atoms with Gasteiger partial charge >= 0.3 is 12.0 Å². The average molecular weight is 260 g/mol. The summed E-state index contributed by atoms with van der Waals surface area (Å²) >= 11 is 0.